The first-order chi connectivity index (χ1) is 9.15. The first-order valence-corrected chi connectivity index (χ1v) is 6.92. The lowest BCUT2D eigenvalue weighted by Crippen LogP contribution is -2.35. The molecule has 4 nitrogen and oxygen atoms in total. The van der Waals surface area contributed by atoms with Crippen LogP contribution in [0.3, 0.4) is 0 Å². The quantitative estimate of drug-likeness (QED) is 0.856. The average Bonchev–Trinajstić information content (AvgIpc) is 2.92. The average molecular weight is 262 g/mol. The molecule has 1 amide bonds. The van der Waals surface area contributed by atoms with Crippen molar-refractivity contribution in [3.8, 4) is 5.75 Å². The van der Waals surface area contributed by atoms with Crippen molar-refractivity contribution in [2.24, 2.45) is 5.92 Å². The van der Waals surface area contributed by atoms with Crippen LogP contribution in [0.5, 0.6) is 5.75 Å². The van der Waals surface area contributed by atoms with Gasteiger partial charge in [0.25, 0.3) is 0 Å². The Morgan fingerprint density at radius 1 is 1.42 bits per heavy atom. The third kappa shape index (κ3) is 4.24. The summed E-state index contributed by atoms with van der Waals surface area (Å²) in [5.74, 6) is 1.40. The van der Waals surface area contributed by atoms with E-state index in [0.717, 1.165) is 30.8 Å². The molecular weight excluding hydrogens is 240 g/mol. The van der Waals surface area contributed by atoms with Gasteiger partial charge in [0, 0.05) is 5.69 Å². The molecule has 0 saturated carbocycles. The van der Waals surface area contributed by atoms with Gasteiger partial charge in [0.2, 0.25) is 5.91 Å². The van der Waals surface area contributed by atoms with Crippen molar-refractivity contribution in [2.45, 2.75) is 32.7 Å². The van der Waals surface area contributed by atoms with Gasteiger partial charge in [0.05, 0.1) is 12.6 Å². The van der Waals surface area contributed by atoms with Gasteiger partial charge in [-0.05, 0) is 49.6 Å². The third-order valence-corrected chi connectivity index (χ3v) is 3.08. The van der Waals surface area contributed by atoms with Gasteiger partial charge in [-0.25, -0.2) is 0 Å². The van der Waals surface area contributed by atoms with E-state index in [0.29, 0.717) is 12.5 Å². The van der Waals surface area contributed by atoms with E-state index >= 15 is 0 Å². The van der Waals surface area contributed by atoms with Gasteiger partial charge in [-0.2, -0.15) is 0 Å². The Balaban J connectivity index is 1.85. The fourth-order valence-corrected chi connectivity index (χ4v) is 2.04. The first-order valence-electron chi connectivity index (χ1n) is 6.92. The molecule has 1 aromatic carbocycles. The van der Waals surface area contributed by atoms with Crippen molar-refractivity contribution >= 4 is 11.6 Å². The number of nitrogens with one attached hydrogen (secondary N) is 2. The molecule has 1 atom stereocenters. The molecule has 0 radical (unpaired) electrons. The van der Waals surface area contributed by atoms with Gasteiger partial charge in [-0.3, -0.25) is 4.79 Å². The highest BCUT2D eigenvalue weighted by Gasteiger charge is 2.21. The van der Waals surface area contributed by atoms with Gasteiger partial charge in [-0.1, -0.05) is 13.8 Å². The standard InChI is InChI=1S/C15H22N2O2/c1-11(2)10-19-13-7-5-12(6-8-13)17-15(18)14-4-3-9-16-14/h5-8,11,14,16H,3-4,9-10H2,1-2H3,(H,17,18). The molecule has 4 heteroatoms. The molecule has 2 rings (SSSR count). The highest BCUT2D eigenvalue weighted by Crippen LogP contribution is 2.17. The number of benzene rings is 1. The lowest BCUT2D eigenvalue weighted by atomic mass is 10.2. The van der Waals surface area contributed by atoms with E-state index in [2.05, 4.69) is 24.5 Å². The predicted molar refractivity (Wildman–Crippen MR) is 76.4 cm³/mol. The minimum Gasteiger partial charge on any atom is -0.493 e. The molecule has 0 aromatic heterocycles. The second-order valence-corrected chi connectivity index (χ2v) is 5.37. The van der Waals surface area contributed by atoms with Gasteiger partial charge in [0.15, 0.2) is 0 Å². The normalized spacial score (nSPS) is 18.6. The van der Waals surface area contributed by atoms with E-state index in [9.17, 15) is 4.79 Å². The number of ether oxygens (including phenoxy) is 1. The monoisotopic (exact) mass is 262 g/mol. The summed E-state index contributed by atoms with van der Waals surface area (Å²) in [6, 6.07) is 7.49. The summed E-state index contributed by atoms with van der Waals surface area (Å²) in [7, 11) is 0. The van der Waals surface area contributed by atoms with E-state index in [4.69, 9.17) is 4.74 Å². The topological polar surface area (TPSA) is 50.4 Å². The van der Waals surface area contributed by atoms with Gasteiger partial charge in [-0.15, -0.1) is 0 Å². The second kappa shape index (κ2) is 6.57. The maximum atomic E-state index is 11.9. The fraction of sp³-hybridized carbons (Fsp3) is 0.533. The zero-order chi connectivity index (χ0) is 13.7. The zero-order valence-corrected chi connectivity index (χ0v) is 11.6. The molecule has 1 heterocycles. The molecule has 1 aromatic rings. The van der Waals surface area contributed by atoms with Crippen LogP contribution < -0.4 is 15.4 Å². The van der Waals surface area contributed by atoms with Crippen molar-refractivity contribution in [1.82, 2.24) is 5.32 Å². The van der Waals surface area contributed by atoms with Crippen molar-refractivity contribution in [1.29, 1.82) is 0 Å². The Bertz CT molecular complexity index is 409. The summed E-state index contributed by atoms with van der Waals surface area (Å²) in [5.41, 5.74) is 0.815. The van der Waals surface area contributed by atoms with Crippen LogP contribution in [0, 0.1) is 5.92 Å². The van der Waals surface area contributed by atoms with Crippen molar-refractivity contribution in [3.05, 3.63) is 24.3 Å². The summed E-state index contributed by atoms with van der Waals surface area (Å²) in [6.45, 7) is 5.87. The van der Waals surface area contributed by atoms with Gasteiger partial charge < -0.3 is 15.4 Å². The number of carbonyl (C=O) groups excluding carboxylic acids is 1. The summed E-state index contributed by atoms with van der Waals surface area (Å²) in [5, 5.41) is 6.10. The largest absolute Gasteiger partial charge is 0.493 e. The van der Waals surface area contributed by atoms with Crippen LogP contribution in [-0.2, 0) is 4.79 Å². The first kappa shape index (κ1) is 13.9. The third-order valence-electron chi connectivity index (χ3n) is 3.08. The molecule has 104 valence electrons. The van der Waals surface area contributed by atoms with Crippen LogP contribution >= 0.6 is 0 Å². The van der Waals surface area contributed by atoms with Crippen LogP contribution in [0.4, 0.5) is 5.69 Å². The number of anilines is 1. The molecule has 2 N–H and O–H groups in total. The molecule has 1 fully saturated rings. The lowest BCUT2D eigenvalue weighted by Gasteiger charge is -2.12. The second-order valence-electron chi connectivity index (χ2n) is 5.37. The number of hydrogen-bond acceptors (Lipinski definition) is 3. The molecule has 1 aliphatic heterocycles. The molecule has 0 bridgehead atoms. The maximum absolute atomic E-state index is 11.9. The lowest BCUT2D eigenvalue weighted by molar-refractivity contribution is -0.117. The van der Waals surface area contributed by atoms with E-state index in [1.807, 2.05) is 24.3 Å². The highest BCUT2D eigenvalue weighted by molar-refractivity contribution is 5.95. The minimum atomic E-state index is -0.0446. The van der Waals surface area contributed by atoms with Gasteiger partial charge >= 0.3 is 0 Å². The van der Waals surface area contributed by atoms with Crippen LogP contribution in [0.1, 0.15) is 26.7 Å². The van der Waals surface area contributed by atoms with Crippen LogP contribution in [0.2, 0.25) is 0 Å². The summed E-state index contributed by atoms with van der Waals surface area (Å²) in [4.78, 5) is 11.9. The number of amides is 1. The minimum absolute atomic E-state index is 0.0446. The van der Waals surface area contributed by atoms with Crippen LogP contribution in [-0.4, -0.2) is 25.1 Å². The van der Waals surface area contributed by atoms with E-state index in [1.165, 1.54) is 0 Å². The molecule has 0 spiro atoms. The van der Waals surface area contributed by atoms with Crippen LogP contribution in [0.25, 0.3) is 0 Å². The van der Waals surface area contributed by atoms with Crippen molar-refractivity contribution in [2.75, 3.05) is 18.5 Å². The Kier molecular flexibility index (Phi) is 4.80. The Hall–Kier alpha value is -1.55. The Morgan fingerprint density at radius 3 is 2.74 bits per heavy atom. The summed E-state index contributed by atoms with van der Waals surface area (Å²) in [6.07, 6.45) is 1.99. The van der Waals surface area contributed by atoms with E-state index in [1.54, 1.807) is 0 Å². The SMILES string of the molecule is CC(C)COc1ccc(NC(=O)C2CCCN2)cc1. The zero-order valence-electron chi connectivity index (χ0n) is 11.6. The molecular formula is C15H22N2O2. The highest BCUT2D eigenvalue weighted by atomic mass is 16.5. The molecule has 0 aliphatic carbocycles. The van der Waals surface area contributed by atoms with Crippen molar-refractivity contribution < 1.29 is 9.53 Å². The maximum Gasteiger partial charge on any atom is 0.241 e. The summed E-state index contributed by atoms with van der Waals surface area (Å²) >= 11 is 0. The Morgan fingerprint density at radius 2 is 2.16 bits per heavy atom. The molecule has 1 unspecified atom stereocenters. The number of rotatable bonds is 5. The summed E-state index contributed by atoms with van der Waals surface area (Å²) < 4.78 is 5.60. The number of hydrogen-bond donors (Lipinski definition) is 2. The fourth-order valence-electron chi connectivity index (χ4n) is 2.04. The van der Waals surface area contributed by atoms with E-state index < -0.39 is 0 Å². The molecule has 1 aliphatic rings. The number of carbonyl (C=O) groups is 1. The Labute approximate surface area is 114 Å². The van der Waals surface area contributed by atoms with E-state index in [-0.39, 0.29) is 11.9 Å². The molecule has 1 saturated heterocycles. The van der Waals surface area contributed by atoms with Crippen LogP contribution in [0.15, 0.2) is 24.3 Å². The predicted octanol–water partition coefficient (Wildman–Crippen LogP) is 2.41. The smallest absolute Gasteiger partial charge is 0.241 e. The van der Waals surface area contributed by atoms with Gasteiger partial charge in [0.1, 0.15) is 5.75 Å². The molecule has 19 heavy (non-hydrogen) atoms. The van der Waals surface area contributed by atoms with Crippen molar-refractivity contribution in [3.63, 3.8) is 0 Å².